The van der Waals surface area contributed by atoms with Crippen LogP contribution in [0.2, 0.25) is 0 Å². The molecule has 0 aromatic heterocycles. The van der Waals surface area contributed by atoms with Crippen LogP contribution in [0.25, 0.3) is 0 Å². The van der Waals surface area contributed by atoms with Crippen molar-refractivity contribution in [2.75, 3.05) is 45.9 Å². The highest BCUT2D eigenvalue weighted by Crippen LogP contribution is 2.61. The monoisotopic (exact) mass is 412 g/mol. The molecule has 5 aliphatic rings. The van der Waals surface area contributed by atoms with E-state index < -0.39 is 0 Å². The summed E-state index contributed by atoms with van der Waals surface area (Å²) in [4.78, 5) is 4.91. The van der Waals surface area contributed by atoms with Gasteiger partial charge in [0.05, 0.1) is 12.7 Å². The number of nitrogens with zero attached hydrogens (tertiary/aromatic N) is 2. The summed E-state index contributed by atoms with van der Waals surface area (Å²) in [7, 11) is 0. The summed E-state index contributed by atoms with van der Waals surface area (Å²) in [6.07, 6.45) is 9.77. The Labute approximate surface area is 182 Å². The molecule has 0 unspecified atom stereocenters. The molecule has 0 spiro atoms. The standard InChI is InChI=1S/C26H40N2O2/c29-25(19-28-9-7-27(8-10-28)18-21-4-2-1-3-5-21)20-30-11-6-26-15-22-12-23(16-26)14-24(13-22)17-26/h1-5,22-25,29H,6-20H2/t22?,23?,24?,25-,26?/m1/s1. The lowest BCUT2D eigenvalue weighted by Gasteiger charge is -2.57. The maximum atomic E-state index is 10.5. The molecule has 4 heteroatoms. The summed E-state index contributed by atoms with van der Waals surface area (Å²) >= 11 is 0. The number of β-amino-alcohol motifs (C(OH)–C–C–N with tert-alkyl or cyclic N) is 1. The summed E-state index contributed by atoms with van der Waals surface area (Å²) in [5.74, 6) is 3.05. The second kappa shape index (κ2) is 9.28. The number of hydrogen-bond acceptors (Lipinski definition) is 4. The van der Waals surface area contributed by atoms with Gasteiger partial charge in [-0.3, -0.25) is 9.80 Å². The van der Waals surface area contributed by atoms with Crippen LogP contribution in [0.1, 0.15) is 50.5 Å². The smallest absolute Gasteiger partial charge is 0.0900 e. The zero-order valence-corrected chi connectivity index (χ0v) is 18.6. The van der Waals surface area contributed by atoms with Gasteiger partial charge in [-0.25, -0.2) is 0 Å². The normalized spacial score (nSPS) is 35.0. The lowest BCUT2D eigenvalue weighted by Crippen LogP contribution is -2.48. The van der Waals surface area contributed by atoms with Gasteiger partial charge < -0.3 is 9.84 Å². The lowest BCUT2D eigenvalue weighted by molar-refractivity contribution is -0.0744. The third kappa shape index (κ3) is 5.09. The summed E-state index contributed by atoms with van der Waals surface area (Å²) in [5, 5.41) is 10.5. The molecule has 1 N–H and O–H groups in total. The molecule has 1 saturated heterocycles. The maximum absolute atomic E-state index is 10.5. The molecular formula is C26H40N2O2. The molecule has 1 heterocycles. The van der Waals surface area contributed by atoms with Gasteiger partial charge in [0.1, 0.15) is 0 Å². The van der Waals surface area contributed by atoms with Crippen molar-refractivity contribution >= 4 is 0 Å². The van der Waals surface area contributed by atoms with Crippen molar-refractivity contribution in [3.05, 3.63) is 35.9 Å². The summed E-state index contributed by atoms with van der Waals surface area (Å²) in [6, 6.07) is 10.7. The predicted molar refractivity (Wildman–Crippen MR) is 120 cm³/mol. The van der Waals surface area contributed by atoms with Crippen LogP contribution in [0.15, 0.2) is 30.3 Å². The largest absolute Gasteiger partial charge is 0.389 e. The van der Waals surface area contributed by atoms with Crippen molar-refractivity contribution in [1.82, 2.24) is 9.80 Å². The Morgan fingerprint density at radius 2 is 1.50 bits per heavy atom. The van der Waals surface area contributed by atoms with Gasteiger partial charge in [0, 0.05) is 45.9 Å². The second-order valence-corrected chi connectivity index (χ2v) is 11.0. The Balaban J connectivity index is 0.972. The van der Waals surface area contributed by atoms with Crippen molar-refractivity contribution < 1.29 is 9.84 Å². The first-order valence-electron chi connectivity index (χ1n) is 12.4. The summed E-state index contributed by atoms with van der Waals surface area (Å²) < 4.78 is 5.99. The highest BCUT2D eigenvalue weighted by molar-refractivity contribution is 5.14. The van der Waals surface area contributed by atoms with Gasteiger partial charge in [0.15, 0.2) is 0 Å². The van der Waals surface area contributed by atoms with Gasteiger partial charge in [-0.15, -0.1) is 0 Å². The lowest BCUT2D eigenvalue weighted by atomic mass is 9.49. The van der Waals surface area contributed by atoms with E-state index in [1.165, 1.54) is 50.5 Å². The molecular weight excluding hydrogens is 372 g/mol. The van der Waals surface area contributed by atoms with Crippen LogP contribution in [-0.4, -0.2) is 66.9 Å². The van der Waals surface area contributed by atoms with E-state index in [1.807, 2.05) is 0 Å². The molecule has 0 amide bonds. The van der Waals surface area contributed by atoms with Crippen LogP contribution in [0.4, 0.5) is 0 Å². The molecule has 1 atom stereocenters. The third-order valence-electron chi connectivity index (χ3n) is 8.43. The Hall–Kier alpha value is -0.940. The fourth-order valence-electron chi connectivity index (χ4n) is 7.43. The van der Waals surface area contributed by atoms with E-state index in [0.29, 0.717) is 12.0 Å². The molecule has 4 nitrogen and oxygen atoms in total. The van der Waals surface area contributed by atoms with E-state index in [-0.39, 0.29) is 6.10 Å². The Bertz CT molecular complexity index is 636. The SMILES string of the molecule is O[C@@H](COCCC12CC3CC(CC(C3)C1)C2)CN1CCN(Cc2ccccc2)CC1. The minimum Gasteiger partial charge on any atom is -0.389 e. The molecule has 1 aromatic carbocycles. The van der Waals surface area contributed by atoms with Gasteiger partial charge in [0.2, 0.25) is 0 Å². The van der Waals surface area contributed by atoms with Crippen molar-refractivity contribution in [2.24, 2.45) is 23.2 Å². The van der Waals surface area contributed by atoms with Crippen LogP contribution in [0.3, 0.4) is 0 Å². The first-order chi connectivity index (χ1) is 14.7. The maximum Gasteiger partial charge on any atom is 0.0900 e. The van der Waals surface area contributed by atoms with Crippen molar-refractivity contribution in [3.63, 3.8) is 0 Å². The average molecular weight is 413 g/mol. The number of piperazine rings is 1. The Kier molecular flexibility index (Phi) is 6.47. The van der Waals surface area contributed by atoms with E-state index in [0.717, 1.165) is 63.6 Å². The van der Waals surface area contributed by atoms with E-state index in [2.05, 4.69) is 40.1 Å². The number of hydrogen-bond donors (Lipinski definition) is 1. The van der Waals surface area contributed by atoms with Crippen LogP contribution in [-0.2, 0) is 11.3 Å². The number of benzene rings is 1. The van der Waals surface area contributed by atoms with Crippen LogP contribution >= 0.6 is 0 Å². The van der Waals surface area contributed by atoms with Crippen LogP contribution < -0.4 is 0 Å². The number of aliphatic hydroxyl groups is 1. The van der Waals surface area contributed by atoms with Gasteiger partial charge in [-0.2, -0.15) is 0 Å². The fraction of sp³-hybridized carbons (Fsp3) is 0.769. The molecule has 4 saturated carbocycles. The number of rotatable bonds is 9. The van der Waals surface area contributed by atoms with E-state index in [1.54, 1.807) is 0 Å². The first kappa shape index (κ1) is 20.9. The minimum atomic E-state index is -0.359. The summed E-state index contributed by atoms with van der Waals surface area (Å²) in [5.41, 5.74) is 1.98. The van der Waals surface area contributed by atoms with Crippen molar-refractivity contribution in [3.8, 4) is 0 Å². The summed E-state index contributed by atoms with van der Waals surface area (Å²) in [6.45, 7) is 7.35. The topological polar surface area (TPSA) is 35.9 Å². The quantitative estimate of drug-likeness (QED) is 0.626. The van der Waals surface area contributed by atoms with Gasteiger partial charge >= 0.3 is 0 Å². The minimum absolute atomic E-state index is 0.359. The van der Waals surface area contributed by atoms with E-state index in [9.17, 15) is 5.11 Å². The number of ether oxygens (including phenoxy) is 1. The van der Waals surface area contributed by atoms with Crippen molar-refractivity contribution in [1.29, 1.82) is 0 Å². The highest BCUT2D eigenvalue weighted by atomic mass is 16.5. The third-order valence-corrected chi connectivity index (χ3v) is 8.43. The van der Waals surface area contributed by atoms with Gasteiger partial charge in [-0.1, -0.05) is 30.3 Å². The molecule has 5 fully saturated rings. The molecule has 30 heavy (non-hydrogen) atoms. The van der Waals surface area contributed by atoms with Crippen LogP contribution in [0.5, 0.6) is 0 Å². The zero-order chi connectivity index (χ0) is 20.4. The second-order valence-electron chi connectivity index (χ2n) is 11.0. The molecule has 1 aliphatic heterocycles. The average Bonchev–Trinajstić information content (AvgIpc) is 2.73. The van der Waals surface area contributed by atoms with Crippen LogP contribution in [0, 0.1) is 23.2 Å². The van der Waals surface area contributed by atoms with Gasteiger partial charge in [-0.05, 0) is 73.7 Å². The van der Waals surface area contributed by atoms with Gasteiger partial charge in [0.25, 0.3) is 0 Å². The van der Waals surface area contributed by atoms with E-state index >= 15 is 0 Å². The predicted octanol–water partition coefficient (Wildman–Crippen LogP) is 3.79. The molecule has 4 aliphatic carbocycles. The Morgan fingerprint density at radius 3 is 2.13 bits per heavy atom. The molecule has 1 aromatic rings. The number of aliphatic hydroxyl groups excluding tert-OH is 1. The fourth-order valence-corrected chi connectivity index (χ4v) is 7.43. The molecule has 6 rings (SSSR count). The molecule has 166 valence electrons. The van der Waals surface area contributed by atoms with E-state index in [4.69, 9.17) is 4.74 Å². The first-order valence-corrected chi connectivity index (χ1v) is 12.4. The zero-order valence-electron chi connectivity index (χ0n) is 18.6. The Morgan fingerprint density at radius 1 is 0.900 bits per heavy atom. The molecule has 4 bridgehead atoms. The van der Waals surface area contributed by atoms with Crippen molar-refractivity contribution in [2.45, 2.75) is 57.6 Å². The highest BCUT2D eigenvalue weighted by Gasteiger charge is 2.50. The molecule has 0 radical (unpaired) electrons.